The van der Waals surface area contributed by atoms with Crippen molar-refractivity contribution in [2.24, 2.45) is 22.5 Å². The van der Waals surface area contributed by atoms with Crippen LogP contribution >= 0.6 is 0 Å². The van der Waals surface area contributed by atoms with Gasteiger partial charge in [0, 0.05) is 0 Å². The summed E-state index contributed by atoms with van der Waals surface area (Å²) in [5.74, 6) is -2.11. The zero-order chi connectivity index (χ0) is 29.4. The minimum absolute atomic E-state index is 0.0516. The van der Waals surface area contributed by atoms with Crippen molar-refractivity contribution in [3.8, 4) is 11.5 Å². The number of carbonyl (C=O) groups is 4. The van der Waals surface area contributed by atoms with Gasteiger partial charge in [-0.3, -0.25) is 19.2 Å². The molecule has 1 aromatic carbocycles. The van der Waals surface area contributed by atoms with E-state index in [1.165, 1.54) is 12.1 Å². The Kier molecular flexibility index (Phi) is 12.0. The number of hydrogen-bond donors (Lipinski definition) is 1. The van der Waals surface area contributed by atoms with Gasteiger partial charge in [0.1, 0.15) is 18.2 Å². The molecule has 0 saturated heterocycles. The van der Waals surface area contributed by atoms with Crippen molar-refractivity contribution in [2.75, 3.05) is 0 Å². The van der Waals surface area contributed by atoms with Crippen LogP contribution in [0.3, 0.4) is 0 Å². The van der Waals surface area contributed by atoms with E-state index in [1.54, 1.807) is 68.4 Å². The van der Waals surface area contributed by atoms with Gasteiger partial charge in [0.15, 0.2) is 11.5 Å². The summed E-state index contributed by atoms with van der Waals surface area (Å²) in [5.41, 5.74) is 5.11. The zero-order valence-electron chi connectivity index (χ0n) is 24.5. The molecular weight excluding hydrogens is 490 g/mol. The molecule has 2 N–H and O–H groups in total. The number of hydrogen-bond acceptors (Lipinski definition) is 9. The highest BCUT2D eigenvalue weighted by atomic mass is 16.6. The third-order valence-electron chi connectivity index (χ3n) is 5.79. The zero-order valence-corrected chi connectivity index (χ0v) is 24.5. The standard InChI is InChI=1S/C29H45NO8/c1-11-12-17(2)24(31)35-18(3)19(4)36-25(32)21(30)15-20-13-14-22(37-26(33)28(5,6)7)23(16-20)38-27(34)29(8,9)10/h13-14,16-19,21H,11-12,15,30H2,1-10H3/t17?,18-,19-,21-/m0/s1. The van der Waals surface area contributed by atoms with Crippen molar-refractivity contribution >= 4 is 23.9 Å². The lowest BCUT2D eigenvalue weighted by Crippen LogP contribution is -2.40. The average Bonchev–Trinajstić information content (AvgIpc) is 2.79. The highest BCUT2D eigenvalue weighted by molar-refractivity contribution is 5.81. The minimum atomic E-state index is -1.03. The smallest absolute Gasteiger partial charge is 0.323 e. The molecule has 1 unspecified atom stereocenters. The lowest BCUT2D eigenvalue weighted by molar-refractivity contribution is -0.168. The maximum Gasteiger partial charge on any atom is 0.323 e. The van der Waals surface area contributed by atoms with Crippen LogP contribution in [-0.2, 0) is 35.1 Å². The van der Waals surface area contributed by atoms with E-state index in [0.717, 1.165) is 6.42 Å². The summed E-state index contributed by atoms with van der Waals surface area (Å²) in [5, 5.41) is 0. The molecule has 0 amide bonds. The third-order valence-corrected chi connectivity index (χ3v) is 5.79. The fourth-order valence-corrected chi connectivity index (χ4v) is 3.00. The molecule has 0 aliphatic rings. The van der Waals surface area contributed by atoms with Crippen LogP contribution in [0.25, 0.3) is 0 Å². The minimum Gasteiger partial charge on any atom is -0.459 e. The molecular formula is C29H45NO8. The van der Waals surface area contributed by atoms with Crippen molar-refractivity contribution in [1.82, 2.24) is 0 Å². The molecule has 4 atom stereocenters. The van der Waals surface area contributed by atoms with E-state index in [9.17, 15) is 19.2 Å². The third kappa shape index (κ3) is 10.4. The van der Waals surface area contributed by atoms with Gasteiger partial charge in [-0.25, -0.2) is 0 Å². The van der Waals surface area contributed by atoms with E-state index >= 15 is 0 Å². The van der Waals surface area contributed by atoms with E-state index in [-0.39, 0.29) is 29.8 Å². The highest BCUT2D eigenvalue weighted by Crippen LogP contribution is 2.33. The van der Waals surface area contributed by atoms with Crippen LogP contribution in [0, 0.1) is 16.7 Å². The lowest BCUT2D eigenvalue weighted by atomic mass is 9.97. The number of rotatable bonds is 11. The first kappa shape index (κ1) is 33.1. The first-order valence-corrected chi connectivity index (χ1v) is 13.1. The average molecular weight is 536 g/mol. The van der Waals surface area contributed by atoms with Crippen molar-refractivity contribution < 1.29 is 38.1 Å². The van der Waals surface area contributed by atoms with E-state index < -0.39 is 47.0 Å². The molecule has 9 heteroatoms. The van der Waals surface area contributed by atoms with Gasteiger partial charge in [-0.15, -0.1) is 0 Å². The van der Waals surface area contributed by atoms with E-state index in [0.29, 0.717) is 12.0 Å². The topological polar surface area (TPSA) is 131 Å². The quantitative estimate of drug-likeness (QED) is 0.315. The Hall–Kier alpha value is -2.94. The Labute approximate surface area is 226 Å². The summed E-state index contributed by atoms with van der Waals surface area (Å²) < 4.78 is 21.9. The van der Waals surface area contributed by atoms with Crippen molar-refractivity contribution in [3.05, 3.63) is 23.8 Å². The first-order valence-electron chi connectivity index (χ1n) is 13.1. The van der Waals surface area contributed by atoms with Crippen LogP contribution < -0.4 is 15.2 Å². The van der Waals surface area contributed by atoms with Gasteiger partial charge < -0.3 is 24.7 Å². The number of benzene rings is 1. The van der Waals surface area contributed by atoms with Crippen LogP contribution in [-0.4, -0.2) is 42.1 Å². The van der Waals surface area contributed by atoms with Gasteiger partial charge in [-0.2, -0.15) is 0 Å². The van der Waals surface area contributed by atoms with Crippen molar-refractivity contribution in [2.45, 2.75) is 107 Å². The van der Waals surface area contributed by atoms with Gasteiger partial charge in [0.05, 0.1) is 16.7 Å². The maximum atomic E-state index is 12.7. The fourth-order valence-electron chi connectivity index (χ4n) is 3.00. The molecule has 1 aromatic rings. The SMILES string of the molecule is CCCC(C)C(=O)O[C@@H](C)[C@H](C)OC(=O)[C@@H](N)Cc1ccc(OC(=O)C(C)(C)C)c(OC(=O)C(C)(C)C)c1. The molecule has 0 aliphatic carbocycles. The second-order valence-electron chi connectivity index (χ2n) is 11.8. The Morgan fingerprint density at radius 2 is 1.26 bits per heavy atom. The summed E-state index contributed by atoms with van der Waals surface area (Å²) in [7, 11) is 0. The summed E-state index contributed by atoms with van der Waals surface area (Å²) in [6.45, 7) is 17.3. The van der Waals surface area contributed by atoms with Gasteiger partial charge in [0.25, 0.3) is 0 Å². The molecule has 38 heavy (non-hydrogen) atoms. The van der Waals surface area contributed by atoms with E-state index in [4.69, 9.17) is 24.7 Å². The van der Waals surface area contributed by atoms with Crippen LogP contribution in [0.4, 0.5) is 0 Å². The van der Waals surface area contributed by atoms with Crippen LogP contribution in [0.2, 0.25) is 0 Å². The number of esters is 4. The molecule has 0 aliphatic heterocycles. The molecule has 0 bridgehead atoms. The summed E-state index contributed by atoms with van der Waals surface area (Å²) in [6, 6.07) is 3.62. The number of ether oxygens (including phenoxy) is 4. The van der Waals surface area contributed by atoms with Crippen molar-refractivity contribution in [3.63, 3.8) is 0 Å². The van der Waals surface area contributed by atoms with Gasteiger partial charge >= 0.3 is 23.9 Å². The largest absolute Gasteiger partial charge is 0.459 e. The Morgan fingerprint density at radius 1 is 0.789 bits per heavy atom. The van der Waals surface area contributed by atoms with E-state index in [2.05, 4.69) is 0 Å². The summed E-state index contributed by atoms with van der Waals surface area (Å²) in [4.78, 5) is 49.8. The lowest BCUT2D eigenvalue weighted by Gasteiger charge is -2.24. The molecule has 9 nitrogen and oxygen atoms in total. The Balaban J connectivity index is 2.98. The Morgan fingerprint density at radius 3 is 1.74 bits per heavy atom. The second kappa shape index (κ2) is 13.7. The highest BCUT2D eigenvalue weighted by Gasteiger charge is 2.29. The molecule has 1 rings (SSSR count). The molecule has 0 spiro atoms. The van der Waals surface area contributed by atoms with E-state index in [1.807, 2.05) is 6.92 Å². The molecule has 214 valence electrons. The number of carbonyl (C=O) groups excluding carboxylic acids is 4. The number of nitrogens with two attached hydrogens (primary N) is 1. The summed E-state index contributed by atoms with van der Waals surface area (Å²) in [6.07, 6.45) is 0.306. The summed E-state index contributed by atoms with van der Waals surface area (Å²) >= 11 is 0. The monoisotopic (exact) mass is 535 g/mol. The van der Waals surface area contributed by atoms with Crippen LogP contribution in [0.15, 0.2) is 18.2 Å². The van der Waals surface area contributed by atoms with Crippen LogP contribution in [0.5, 0.6) is 11.5 Å². The fraction of sp³-hybridized carbons (Fsp3) is 0.655. The molecule has 0 aromatic heterocycles. The van der Waals surface area contributed by atoms with Gasteiger partial charge in [-0.05, 0) is 85.9 Å². The second-order valence-corrected chi connectivity index (χ2v) is 11.8. The Bertz CT molecular complexity index is 989. The van der Waals surface area contributed by atoms with Crippen molar-refractivity contribution in [1.29, 1.82) is 0 Å². The molecule has 0 fully saturated rings. The predicted octanol–water partition coefficient (Wildman–Crippen LogP) is 4.76. The van der Waals surface area contributed by atoms with Gasteiger partial charge in [-0.1, -0.05) is 26.3 Å². The van der Waals surface area contributed by atoms with Crippen LogP contribution in [0.1, 0.15) is 87.6 Å². The normalized spacial score (nSPS) is 15.0. The van der Waals surface area contributed by atoms with Gasteiger partial charge in [0.2, 0.25) is 0 Å². The maximum absolute atomic E-state index is 12.7. The molecule has 0 heterocycles. The molecule has 0 radical (unpaired) electrons. The first-order chi connectivity index (χ1) is 17.4. The predicted molar refractivity (Wildman–Crippen MR) is 143 cm³/mol. The molecule has 0 saturated carbocycles.